The highest BCUT2D eigenvalue weighted by Crippen LogP contribution is 2.71. The van der Waals surface area contributed by atoms with Crippen molar-refractivity contribution in [3.8, 4) is 0 Å². The maximum Gasteiger partial charge on any atom is 0.0315 e. The van der Waals surface area contributed by atoms with Crippen molar-refractivity contribution in [1.82, 2.24) is 0 Å². The highest BCUT2D eigenvalue weighted by molar-refractivity contribution is 14.1. The zero-order valence-electron chi connectivity index (χ0n) is 20.3. The lowest BCUT2D eigenvalue weighted by Gasteiger charge is -2.49. The summed E-state index contributed by atoms with van der Waals surface area (Å²) in [4.78, 5) is 0. The molecule has 0 aromatic carbocycles. The van der Waals surface area contributed by atoms with Crippen molar-refractivity contribution >= 4 is 45.2 Å². The summed E-state index contributed by atoms with van der Waals surface area (Å²) in [5, 5.41) is 0. The van der Waals surface area contributed by atoms with Gasteiger partial charge in [0.15, 0.2) is 0 Å². The summed E-state index contributed by atoms with van der Waals surface area (Å²) < 4.78 is 3.40. The van der Waals surface area contributed by atoms with Crippen LogP contribution >= 0.6 is 45.2 Å². The van der Waals surface area contributed by atoms with E-state index in [-0.39, 0.29) is 10.8 Å². The molecule has 2 saturated carbocycles. The van der Waals surface area contributed by atoms with E-state index in [1.54, 1.807) is 29.5 Å². The molecule has 4 aliphatic carbocycles. The Morgan fingerprint density at radius 3 is 1.03 bits per heavy atom. The Labute approximate surface area is 212 Å². The molecule has 0 aromatic heterocycles. The van der Waals surface area contributed by atoms with Crippen LogP contribution in [0.1, 0.15) is 93.9 Å². The van der Waals surface area contributed by atoms with Crippen molar-refractivity contribution in [2.45, 2.75) is 93.9 Å². The summed E-state index contributed by atoms with van der Waals surface area (Å²) >= 11 is 5.58. The van der Waals surface area contributed by atoms with Crippen LogP contribution in [0.5, 0.6) is 0 Å². The summed E-state index contributed by atoms with van der Waals surface area (Å²) in [6.07, 6.45) is 7.90. The number of fused-ring (bicyclic) bond motifs is 2. The monoisotopic (exact) mass is 630 g/mol. The number of halogens is 2. The minimum Gasteiger partial charge on any atom is -0.0616 e. The Bertz CT molecular complexity index is 796. The minimum absolute atomic E-state index is 0.192. The molecule has 0 heterocycles. The first kappa shape index (κ1) is 23.6. The second kappa shape index (κ2) is 8.02. The zero-order chi connectivity index (χ0) is 22.2. The molecule has 166 valence electrons. The van der Waals surface area contributed by atoms with Crippen molar-refractivity contribution < 1.29 is 0 Å². The van der Waals surface area contributed by atoms with E-state index in [1.807, 2.05) is 11.1 Å². The van der Waals surface area contributed by atoms with Gasteiger partial charge in [-0.05, 0) is 141 Å². The SMILES string of the molecule is CC(C)C1(C(C)C)C(I)=C2CCCC2=C1C1=C2CCCC2=C(I)C1(C(C)C)C(C)C. The average Bonchev–Trinajstić information content (AvgIpc) is 3.37. The highest BCUT2D eigenvalue weighted by atomic mass is 127. The molecule has 0 saturated heterocycles. The number of rotatable bonds is 5. The fourth-order valence-corrected chi connectivity index (χ4v) is 12.2. The highest BCUT2D eigenvalue weighted by Gasteiger charge is 2.59. The second-order valence-corrected chi connectivity index (χ2v) is 13.5. The van der Waals surface area contributed by atoms with Crippen molar-refractivity contribution in [1.29, 1.82) is 0 Å². The molecule has 0 radical (unpaired) electrons. The molecule has 4 aliphatic rings. The van der Waals surface area contributed by atoms with Gasteiger partial charge in [0.25, 0.3) is 0 Å². The van der Waals surface area contributed by atoms with Gasteiger partial charge in [0.05, 0.1) is 0 Å². The van der Waals surface area contributed by atoms with E-state index in [0.717, 1.165) is 0 Å². The zero-order valence-corrected chi connectivity index (χ0v) is 24.6. The first-order valence-corrected chi connectivity index (χ1v) is 14.5. The van der Waals surface area contributed by atoms with E-state index in [2.05, 4.69) is 101 Å². The maximum atomic E-state index is 2.79. The number of hydrogen-bond acceptors (Lipinski definition) is 0. The van der Waals surface area contributed by atoms with Gasteiger partial charge in [0.1, 0.15) is 0 Å². The molecule has 0 N–H and O–H groups in total. The fourth-order valence-electron chi connectivity index (χ4n) is 7.96. The Kier molecular flexibility index (Phi) is 6.30. The van der Waals surface area contributed by atoms with Crippen LogP contribution in [0.3, 0.4) is 0 Å². The molecule has 0 spiro atoms. The molecule has 0 aromatic rings. The molecule has 0 atom stereocenters. The van der Waals surface area contributed by atoms with E-state index in [4.69, 9.17) is 0 Å². The predicted molar refractivity (Wildman–Crippen MR) is 148 cm³/mol. The van der Waals surface area contributed by atoms with Gasteiger partial charge in [0, 0.05) is 18.0 Å². The van der Waals surface area contributed by atoms with E-state index in [1.165, 1.54) is 38.5 Å². The van der Waals surface area contributed by atoms with Crippen molar-refractivity contribution in [3.05, 3.63) is 40.6 Å². The van der Waals surface area contributed by atoms with Crippen molar-refractivity contribution in [2.75, 3.05) is 0 Å². The largest absolute Gasteiger partial charge is 0.0616 e. The molecular formula is C28H40I2. The molecule has 30 heavy (non-hydrogen) atoms. The van der Waals surface area contributed by atoms with Gasteiger partial charge < -0.3 is 0 Å². The fraction of sp³-hybridized carbons (Fsp3) is 0.714. The van der Waals surface area contributed by atoms with Crippen LogP contribution in [0.2, 0.25) is 0 Å². The normalized spacial score (nSPS) is 25.4. The predicted octanol–water partition coefficient (Wildman–Crippen LogP) is 9.95. The summed E-state index contributed by atoms with van der Waals surface area (Å²) in [5.74, 6) is 2.49. The van der Waals surface area contributed by atoms with Crippen LogP contribution in [0.15, 0.2) is 40.6 Å². The van der Waals surface area contributed by atoms with E-state index < -0.39 is 0 Å². The molecule has 0 unspecified atom stereocenters. The number of allylic oxidation sites excluding steroid dienone is 8. The first-order chi connectivity index (χ1) is 14.0. The summed E-state index contributed by atoms with van der Waals surface area (Å²) in [6, 6.07) is 0. The van der Waals surface area contributed by atoms with Crippen LogP contribution < -0.4 is 0 Å². The van der Waals surface area contributed by atoms with Crippen molar-refractivity contribution in [2.24, 2.45) is 34.5 Å². The Balaban J connectivity index is 2.12. The van der Waals surface area contributed by atoms with Crippen LogP contribution in [-0.4, -0.2) is 0 Å². The van der Waals surface area contributed by atoms with Crippen molar-refractivity contribution in [3.63, 3.8) is 0 Å². The van der Waals surface area contributed by atoms with Crippen LogP contribution in [0, 0.1) is 34.5 Å². The van der Waals surface area contributed by atoms with E-state index >= 15 is 0 Å². The molecule has 4 rings (SSSR count). The summed E-state index contributed by atoms with van der Waals surface area (Å²) in [7, 11) is 0. The molecule has 0 bridgehead atoms. The third-order valence-corrected chi connectivity index (χ3v) is 12.1. The van der Waals surface area contributed by atoms with Gasteiger partial charge in [-0.3, -0.25) is 0 Å². The average molecular weight is 630 g/mol. The van der Waals surface area contributed by atoms with Gasteiger partial charge in [0.2, 0.25) is 0 Å². The van der Waals surface area contributed by atoms with Gasteiger partial charge in [-0.15, -0.1) is 0 Å². The molecule has 2 fully saturated rings. The standard InChI is InChI=1S/C28H40I2/c1-15(2)27(16(3)4)23(19-11-9-13-21(19)25(27)29)24-20-12-10-14-22(20)26(30)28(24,17(5)6)18(7)8/h15-18H,9-14H2,1-8H3. The molecular weight excluding hydrogens is 590 g/mol. The van der Waals surface area contributed by atoms with E-state index in [0.29, 0.717) is 23.7 Å². The van der Waals surface area contributed by atoms with E-state index in [9.17, 15) is 0 Å². The van der Waals surface area contributed by atoms with Gasteiger partial charge in [-0.2, -0.15) is 0 Å². The lowest BCUT2D eigenvalue weighted by molar-refractivity contribution is 0.196. The molecule has 2 heteroatoms. The third-order valence-electron chi connectivity index (χ3n) is 9.02. The quantitative estimate of drug-likeness (QED) is 0.266. The summed E-state index contributed by atoms with van der Waals surface area (Å²) in [6.45, 7) is 20.0. The molecule has 0 amide bonds. The number of hydrogen-bond donors (Lipinski definition) is 0. The lowest BCUT2D eigenvalue weighted by atomic mass is 9.55. The van der Waals surface area contributed by atoms with Crippen LogP contribution in [0.25, 0.3) is 0 Å². The van der Waals surface area contributed by atoms with Crippen LogP contribution in [-0.2, 0) is 0 Å². The van der Waals surface area contributed by atoms with Gasteiger partial charge >= 0.3 is 0 Å². The molecule has 0 aliphatic heterocycles. The second-order valence-electron chi connectivity index (χ2n) is 11.4. The molecule has 0 nitrogen and oxygen atoms in total. The van der Waals surface area contributed by atoms with Crippen LogP contribution in [0.4, 0.5) is 0 Å². The topological polar surface area (TPSA) is 0 Å². The minimum atomic E-state index is 0.192. The van der Waals surface area contributed by atoms with Gasteiger partial charge in [-0.1, -0.05) is 55.4 Å². The summed E-state index contributed by atoms with van der Waals surface area (Å²) in [5.41, 5.74) is 11.0. The Hall–Kier alpha value is 0.420. The van der Waals surface area contributed by atoms with Gasteiger partial charge in [-0.25, -0.2) is 0 Å². The Morgan fingerprint density at radius 2 is 0.767 bits per heavy atom. The first-order valence-electron chi connectivity index (χ1n) is 12.3. The Morgan fingerprint density at radius 1 is 0.500 bits per heavy atom. The lowest BCUT2D eigenvalue weighted by Crippen LogP contribution is -2.42. The maximum absolute atomic E-state index is 2.79. The third kappa shape index (κ3) is 2.73. The smallest absolute Gasteiger partial charge is 0.0315 e.